The fraction of sp³-hybridized carbons (Fsp3) is 0.611. The molecule has 0 saturated heterocycles. The van der Waals surface area contributed by atoms with Gasteiger partial charge < -0.3 is 10.0 Å². The lowest BCUT2D eigenvalue weighted by molar-refractivity contribution is -0.137. The zero-order valence-electron chi connectivity index (χ0n) is 14.0. The van der Waals surface area contributed by atoms with Gasteiger partial charge in [-0.2, -0.15) is 0 Å². The van der Waals surface area contributed by atoms with Crippen LogP contribution in [0.15, 0.2) is 24.3 Å². The number of rotatable bonds is 7. The number of carbonyl (C=O) groups is 1. The average molecular weight is 291 g/mol. The summed E-state index contributed by atoms with van der Waals surface area (Å²) in [6.45, 7) is 10.4. The molecule has 0 fully saturated rings. The summed E-state index contributed by atoms with van der Waals surface area (Å²) in [6.07, 6.45) is 1.24. The third-order valence-electron chi connectivity index (χ3n) is 3.73. The number of carboxylic acid groups (broad SMARTS) is 1. The fourth-order valence-corrected chi connectivity index (χ4v) is 2.52. The highest BCUT2D eigenvalue weighted by Gasteiger charge is 2.14. The molecule has 118 valence electrons. The van der Waals surface area contributed by atoms with Crippen molar-refractivity contribution >= 4 is 5.97 Å². The van der Waals surface area contributed by atoms with E-state index in [1.807, 2.05) is 7.05 Å². The molecule has 0 saturated carbocycles. The van der Waals surface area contributed by atoms with Gasteiger partial charge in [-0.3, -0.25) is 4.79 Å². The lowest BCUT2D eigenvalue weighted by Gasteiger charge is -2.22. The van der Waals surface area contributed by atoms with E-state index in [2.05, 4.69) is 56.9 Å². The second kappa shape index (κ2) is 7.60. The zero-order chi connectivity index (χ0) is 16.0. The Hall–Kier alpha value is -1.35. The molecule has 21 heavy (non-hydrogen) atoms. The van der Waals surface area contributed by atoms with Crippen LogP contribution in [0.2, 0.25) is 0 Å². The molecular formula is C18H29NO2. The molecule has 1 N–H and O–H groups in total. The molecule has 1 atom stereocenters. The van der Waals surface area contributed by atoms with E-state index in [4.69, 9.17) is 5.11 Å². The van der Waals surface area contributed by atoms with Crippen LogP contribution in [0.3, 0.4) is 0 Å². The van der Waals surface area contributed by atoms with E-state index in [1.165, 1.54) is 11.1 Å². The highest BCUT2D eigenvalue weighted by Crippen LogP contribution is 2.22. The monoisotopic (exact) mass is 291 g/mol. The summed E-state index contributed by atoms with van der Waals surface area (Å²) in [7, 11) is 1.99. The summed E-state index contributed by atoms with van der Waals surface area (Å²) < 4.78 is 0. The normalized spacial score (nSPS) is 13.4. The molecule has 0 radical (unpaired) electrons. The van der Waals surface area contributed by atoms with Gasteiger partial charge in [0.2, 0.25) is 0 Å². The van der Waals surface area contributed by atoms with Gasteiger partial charge >= 0.3 is 5.97 Å². The molecule has 1 unspecified atom stereocenters. The summed E-state index contributed by atoms with van der Waals surface area (Å²) in [6, 6.07) is 8.87. The van der Waals surface area contributed by atoms with Crippen molar-refractivity contribution in [1.29, 1.82) is 0 Å². The van der Waals surface area contributed by atoms with Crippen molar-refractivity contribution in [3.8, 4) is 0 Å². The SMILES string of the molecule is CC(Cc1ccc(C(C)(C)C)cc1)CN(C)CCC(=O)O. The number of hydrogen-bond donors (Lipinski definition) is 1. The number of benzene rings is 1. The third kappa shape index (κ3) is 6.76. The van der Waals surface area contributed by atoms with E-state index in [0.29, 0.717) is 12.5 Å². The van der Waals surface area contributed by atoms with Crippen molar-refractivity contribution in [3.05, 3.63) is 35.4 Å². The van der Waals surface area contributed by atoms with E-state index >= 15 is 0 Å². The van der Waals surface area contributed by atoms with Crippen LogP contribution in [-0.2, 0) is 16.6 Å². The Morgan fingerprint density at radius 2 is 1.81 bits per heavy atom. The van der Waals surface area contributed by atoms with Gasteiger partial charge in [0.15, 0.2) is 0 Å². The van der Waals surface area contributed by atoms with Crippen LogP contribution >= 0.6 is 0 Å². The average Bonchev–Trinajstić information content (AvgIpc) is 2.35. The van der Waals surface area contributed by atoms with Gasteiger partial charge in [-0.05, 0) is 35.9 Å². The summed E-state index contributed by atoms with van der Waals surface area (Å²) >= 11 is 0. The van der Waals surface area contributed by atoms with Crippen molar-refractivity contribution in [2.45, 2.75) is 46.0 Å². The molecule has 1 rings (SSSR count). The number of carboxylic acids is 1. The molecule has 0 aliphatic carbocycles. The van der Waals surface area contributed by atoms with Crippen LogP contribution in [0, 0.1) is 5.92 Å². The largest absolute Gasteiger partial charge is 0.481 e. The maximum atomic E-state index is 10.6. The molecule has 3 heteroatoms. The number of nitrogens with zero attached hydrogens (tertiary/aromatic N) is 1. The van der Waals surface area contributed by atoms with Crippen LogP contribution in [-0.4, -0.2) is 36.1 Å². The predicted molar refractivity (Wildman–Crippen MR) is 87.8 cm³/mol. The fourth-order valence-electron chi connectivity index (χ4n) is 2.52. The molecule has 0 heterocycles. The van der Waals surface area contributed by atoms with E-state index in [9.17, 15) is 4.79 Å². The highest BCUT2D eigenvalue weighted by molar-refractivity contribution is 5.66. The smallest absolute Gasteiger partial charge is 0.304 e. The summed E-state index contributed by atoms with van der Waals surface area (Å²) in [5.74, 6) is -0.212. The van der Waals surface area contributed by atoms with Crippen LogP contribution < -0.4 is 0 Å². The van der Waals surface area contributed by atoms with Crippen LogP contribution in [0.4, 0.5) is 0 Å². The maximum Gasteiger partial charge on any atom is 0.304 e. The molecule has 0 bridgehead atoms. The number of hydrogen-bond acceptors (Lipinski definition) is 2. The standard InChI is InChI=1S/C18H29NO2/c1-14(13-19(5)11-10-17(20)21)12-15-6-8-16(9-7-15)18(2,3)4/h6-9,14H,10-13H2,1-5H3,(H,20,21). The van der Waals surface area contributed by atoms with Gasteiger partial charge in [-0.15, -0.1) is 0 Å². The third-order valence-corrected chi connectivity index (χ3v) is 3.73. The van der Waals surface area contributed by atoms with E-state index in [1.54, 1.807) is 0 Å². The van der Waals surface area contributed by atoms with E-state index < -0.39 is 5.97 Å². The van der Waals surface area contributed by atoms with Gasteiger partial charge in [0.05, 0.1) is 6.42 Å². The Labute approximate surface area is 129 Å². The molecule has 3 nitrogen and oxygen atoms in total. The van der Waals surface area contributed by atoms with Crippen molar-refractivity contribution in [1.82, 2.24) is 4.90 Å². The van der Waals surface area contributed by atoms with Gasteiger partial charge in [0.1, 0.15) is 0 Å². The van der Waals surface area contributed by atoms with Crippen molar-refractivity contribution in [2.24, 2.45) is 5.92 Å². The Bertz CT molecular complexity index is 445. The summed E-state index contributed by atoms with van der Waals surface area (Å²) in [5.41, 5.74) is 2.90. The predicted octanol–water partition coefficient (Wildman–Crippen LogP) is 3.57. The Morgan fingerprint density at radius 3 is 2.29 bits per heavy atom. The molecule has 1 aromatic carbocycles. The minimum atomic E-state index is -0.729. The second-order valence-corrected chi connectivity index (χ2v) is 7.16. The van der Waals surface area contributed by atoms with E-state index in [0.717, 1.165) is 13.0 Å². The number of aliphatic carboxylic acids is 1. The molecule has 0 aromatic heterocycles. The van der Waals surface area contributed by atoms with Crippen molar-refractivity contribution < 1.29 is 9.90 Å². The summed E-state index contributed by atoms with van der Waals surface area (Å²) in [5, 5.41) is 8.70. The molecular weight excluding hydrogens is 262 g/mol. The first-order valence-corrected chi connectivity index (χ1v) is 7.68. The first-order chi connectivity index (χ1) is 9.68. The first-order valence-electron chi connectivity index (χ1n) is 7.68. The Morgan fingerprint density at radius 1 is 1.24 bits per heavy atom. The maximum absolute atomic E-state index is 10.6. The lowest BCUT2D eigenvalue weighted by atomic mass is 9.86. The van der Waals surface area contributed by atoms with Crippen molar-refractivity contribution in [2.75, 3.05) is 20.1 Å². The minimum absolute atomic E-state index is 0.196. The molecule has 0 amide bonds. The quantitative estimate of drug-likeness (QED) is 0.835. The topological polar surface area (TPSA) is 40.5 Å². The minimum Gasteiger partial charge on any atom is -0.481 e. The first kappa shape index (κ1) is 17.7. The van der Waals surface area contributed by atoms with Gasteiger partial charge in [-0.1, -0.05) is 52.0 Å². The molecule has 0 aliphatic rings. The van der Waals surface area contributed by atoms with Gasteiger partial charge in [0.25, 0.3) is 0 Å². The lowest BCUT2D eigenvalue weighted by Crippen LogP contribution is -2.27. The van der Waals surface area contributed by atoms with Crippen molar-refractivity contribution in [3.63, 3.8) is 0 Å². The van der Waals surface area contributed by atoms with Crippen LogP contribution in [0.25, 0.3) is 0 Å². The molecule has 1 aromatic rings. The summed E-state index contributed by atoms with van der Waals surface area (Å²) in [4.78, 5) is 12.7. The Kier molecular flexibility index (Phi) is 6.41. The van der Waals surface area contributed by atoms with Crippen LogP contribution in [0.1, 0.15) is 45.2 Å². The van der Waals surface area contributed by atoms with Gasteiger partial charge in [-0.25, -0.2) is 0 Å². The Balaban J connectivity index is 2.47. The molecule has 0 aliphatic heterocycles. The second-order valence-electron chi connectivity index (χ2n) is 7.16. The molecule has 0 spiro atoms. The van der Waals surface area contributed by atoms with Crippen LogP contribution in [0.5, 0.6) is 0 Å². The van der Waals surface area contributed by atoms with Gasteiger partial charge in [0, 0.05) is 13.1 Å². The van der Waals surface area contributed by atoms with E-state index in [-0.39, 0.29) is 11.8 Å². The zero-order valence-corrected chi connectivity index (χ0v) is 14.0. The highest BCUT2D eigenvalue weighted by atomic mass is 16.4.